The van der Waals surface area contributed by atoms with E-state index in [1.807, 2.05) is 15.7 Å². The maximum atomic E-state index is 12.9. The Morgan fingerprint density at radius 1 is 0.886 bits per heavy atom. The molecule has 0 spiro atoms. The number of alkyl halides is 3. The first-order chi connectivity index (χ1) is 16.1. The quantitative estimate of drug-likeness (QED) is 0.180. The molecule has 1 rings (SSSR count). The number of carbonyl (C=O) groups is 3. The van der Waals surface area contributed by atoms with Crippen molar-refractivity contribution in [2.45, 2.75) is 44.0 Å². The van der Waals surface area contributed by atoms with Crippen LogP contribution in [0.25, 0.3) is 0 Å². The van der Waals surface area contributed by atoms with Gasteiger partial charge in [-0.3, -0.25) is 9.35 Å². The van der Waals surface area contributed by atoms with Crippen LogP contribution in [0.4, 0.5) is 13.2 Å². The largest absolute Gasteiger partial charge is 0.478 e. The number of carboxylic acids is 1. The van der Waals surface area contributed by atoms with E-state index in [1.54, 1.807) is 15.7 Å². The van der Waals surface area contributed by atoms with Crippen molar-refractivity contribution < 1.29 is 55.1 Å². The van der Waals surface area contributed by atoms with Crippen molar-refractivity contribution >= 4 is 59.4 Å². The normalized spacial score (nSPS) is 12.7. The minimum atomic E-state index is -5.26. The van der Waals surface area contributed by atoms with Crippen molar-refractivity contribution in [2.75, 3.05) is 12.4 Å². The molecule has 1 aromatic carbocycles. The van der Waals surface area contributed by atoms with E-state index in [2.05, 4.69) is 4.74 Å². The molecule has 0 aliphatic rings. The van der Waals surface area contributed by atoms with Gasteiger partial charge in [0.2, 0.25) is 6.10 Å². The summed E-state index contributed by atoms with van der Waals surface area (Å²) in [7, 11) is 2.13. The van der Waals surface area contributed by atoms with E-state index in [-0.39, 0.29) is 11.1 Å². The molecule has 0 fully saturated rings. The summed E-state index contributed by atoms with van der Waals surface area (Å²) in [6.07, 6.45) is -7.50. The van der Waals surface area contributed by atoms with Gasteiger partial charge in [0.25, 0.3) is 10.1 Å². The number of aromatic carboxylic acids is 1. The van der Waals surface area contributed by atoms with Crippen molar-refractivity contribution in [1.29, 1.82) is 0 Å². The summed E-state index contributed by atoms with van der Waals surface area (Å²) in [4.78, 5) is 36.8. The van der Waals surface area contributed by atoms with Crippen LogP contribution in [0.5, 0.6) is 0 Å². The fourth-order valence-corrected chi connectivity index (χ4v) is 4.61. The lowest BCUT2D eigenvalue weighted by Gasteiger charge is -2.23. The van der Waals surface area contributed by atoms with Gasteiger partial charge in [0.15, 0.2) is 0 Å². The fourth-order valence-electron chi connectivity index (χ4n) is 3.97. The molecule has 0 amide bonds. The Morgan fingerprint density at radius 2 is 1.34 bits per heavy atom. The van der Waals surface area contributed by atoms with Crippen LogP contribution >= 0.6 is 0 Å². The van der Waals surface area contributed by atoms with E-state index in [1.165, 1.54) is 0 Å². The molecular formula is C18H25B4F3O9S. The Bertz CT molecular complexity index is 1080. The zero-order valence-corrected chi connectivity index (χ0v) is 20.6. The SMILES string of the molecule is BCc1c(CB)c(CB)c(C(=O)OCCC(=O)OC(CS(=O)(=O)O)C(F)(F)F)c(C(=O)O)c1CB. The van der Waals surface area contributed by atoms with Gasteiger partial charge in [-0.2, -0.15) is 21.6 Å². The smallest absolute Gasteiger partial charge is 0.426 e. The molecule has 0 aliphatic heterocycles. The number of benzene rings is 1. The molecule has 0 saturated carbocycles. The number of hydrogen-bond acceptors (Lipinski definition) is 7. The van der Waals surface area contributed by atoms with Crippen LogP contribution in [0.3, 0.4) is 0 Å². The van der Waals surface area contributed by atoms with E-state index >= 15 is 0 Å². The van der Waals surface area contributed by atoms with E-state index < -0.39 is 59.1 Å². The van der Waals surface area contributed by atoms with Crippen molar-refractivity contribution in [3.63, 3.8) is 0 Å². The van der Waals surface area contributed by atoms with Gasteiger partial charge in [-0.1, -0.05) is 25.3 Å². The molecule has 0 heterocycles. The molecule has 35 heavy (non-hydrogen) atoms. The maximum absolute atomic E-state index is 12.9. The average Bonchev–Trinajstić information content (AvgIpc) is 2.74. The first kappa shape index (κ1) is 30.6. The van der Waals surface area contributed by atoms with Crippen molar-refractivity contribution in [3.05, 3.63) is 33.4 Å². The molecule has 0 saturated heterocycles. The Kier molecular flexibility index (Phi) is 11.0. The minimum Gasteiger partial charge on any atom is -0.478 e. The van der Waals surface area contributed by atoms with Crippen LogP contribution < -0.4 is 0 Å². The third-order valence-electron chi connectivity index (χ3n) is 5.32. The zero-order valence-electron chi connectivity index (χ0n) is 19.8. The van der Waals surface area contributed by atoms with Crippen LogP contribution in [-0.4, -0.2) is 92.0 Å². The summed E-state index contributed by atoms with van der Waals surface area (Å²) in [5, 5.41) is 9.85. The first-order valence-corrected chi connectivity index (χ1v) is 12.5. The van der Waals surface area contributed by atoms with E-state index in [4.69, 9.17) is 9.29 Å². The molecule has 1 atom stereocenters. The highest BCUT2D eigenvalue weighted by Crippen LogP contribution is 2.30. The maximum Gasteiger partial charge on any atom is 0.426 e. The Morgan fingerprint density at radius 3 is 1.71 bits per heavy atom. The number of esters is 2. The third-order valence-corrected chi connectivity index (χ3v) is 6.04. The van der Waals surface area contributed by atoms with Crippen molar-refractivity contribution in [2.24, 2.45) is 0 Å². The zero-order chi connectivity index (χ0) is 27.1. The highest BCUT2D eigenvalue weighted by molar-refractivity contribution is 7.85. The third kappa shape index (κ3) is 8.06. The van der Waals surface area contributed by atoms with Crippen LogP contribution in [0.15, 0.2) is 0 Å². The topological polar surface area (TPSA) is 144 Å². The summed E-state index contributed by atoms with van der Waals surface area (Å²) in [5.74, 6) is -5.79. The summed E-state index contributed by atoms with van der Waals surface area (Å²) in [6, 6.07) is 0. The Labute approximate surface area is 204 Å². The molecule has 0 aromatic heterocycles. The first-order valence-electron chi connectivity index (χ1n) is 10.9. The summed E-state index contributed by atoms with van der Waals surface area (Å²) >= 11 is 0. The second-order valence-electron chi connectivity index (χ2n) is 7.54. The molecule has 9 nitrogen and oxygen atoms in total. The molecular weight excluding hydrogens is 492 g/mol. The van der Waals surface area contributed by atoms with E-state index in [0.29, 0.717) is 36.4 Å². The van der Waals surface area contributed by atoms with Crippen LogP contribution in [-0.2, 0) is 49.7 Å². The average molecular weight is 518 g/mol. The van der Waals surface area contributed by atoms with Gasteiger partial charge in [-0.05, 0) is 22.3 Å². The predicted molar refractivity (Wildman–Crippen MR) is 130 cm³/mol. The van der Waals surface area contributed by atoms with Crippen LogP contribution in [0.1, 0.15) is 49.4 Å². The minimum absolute atomic E-state index is 0.168. The second kappa shape index (κ2) is 12.5. The van der Waals surface area contributed by atoms with Gasteiger partial charge < -0.3 is 14.6 Å². The lowest BCUT2D eigenvalue weighted by Crippen LogP contribution is -2.39. The summed E-state index contributed by atoms with van der Waals surface area (Å²) < 4.78 is 78.0. The van der Waals surface area contributed by atoms with Gasteiger partial charge in [-0.15, -0.1) is 0 Å². The predicted octanol–water partition coefficient (Wildman–Crippen LogP) is -2.17. The fraction of sp³-hybridized carbons (Fsp3) is 0.500. The Hall–Kier alpha value is -2.41. The van der Waals surface area contributed by atoms with Crippen molar-refractivity contribution in [3.8, 4) is 0 Å². The molecule has 1 aromatic rings. The summed E-state index contributed by atoms with van der Waals surface area (Å²) in [6.45, 7) is -0.741. The standard InChI is InChI=1S/C18H25B4F3O9S/c19-3-8-9(4-20)11(6-22)15(14(16(27)28)10(8)5-21)17(29)33-2-1-13(26)34-12(18(23,24)25)7-35(30,31)32/h12H,1-7,19-22H2,(H,27,28)(H,30,31,32). The van der Waals surface area contributed by atoms with Crippen LogP contribution in [0.2, 0.25) is 0 Å². The molecule has 190 valence electrons. The molecule has 17 heteroatoms. The van der Waals surface area contributed by atoms with Gasteiger partial charge >= 0.3 is 24.1 Å². The molecule has 0 radical (unpaired) electrons. The number of rotatable bonds is 12. The van der Waals surface area contributed by atoms with Gasteiger partial charge in [0.05, 0.1) is 17.5 Å². The lowest BCUT2D eigenvalue weighted by atomic mass is 9.72. The highest BCUT2D eigenvalue weighted by atomic mass is 32.2. The van der Waals surface area contributed by atoms with Gasteiger partial charge in [-0.25, -0.2) is 9.59 Å². The number of hydrogen-bond donors (Lipinski definition) is 2. The molecule has 0 aliphatic carbocycles. The van der Waals surface area contributed by atoms with E-state index in [9.17, 15) is 41.1 Å². The number of carbonyl (C=O) groups excluding carboxylic acids is 2. The van der Waals surface area contributed by atoms with E-state index in [0.717, 1.165) is 11.1 Å². The molecule has 0 bridgehead atoms. The van der Waals surface area contributed by atoms with Gasteiger partial charge in [0.1, 0.15) is 43.7 Å². The monoisotopic (exact) mass is 518 g/mol. The van der Waals surface area contributed by atoms with Crippen LogP contribution in [0, 0.1) is 0 Å². The second-order valence-corrected chi connectivity index (χ2v) is 9.04. The van der Waals surface area contributed by atoms with Crippen molar-refractivity contribution in [1.82, 2.24) is 0 Å². The molecule has 2 N–H and O–H groups in total. The highest BCUT2D eigenvalue weighted by Gasteiger charge is 2.45. The Balaban J connectivity index is 3.19. The number of halogens is 3. The lowest BCUT2D eigenvalue weighted by molar-refractivity contribution is -0.215. The number of ether oxygens (including phenoxy) is 2. The molecule has 1 unspecified atom stereocenters. The van der Waals surface area contributed by atoms with Gasteiger partial charge in [0, 0.05) is 0 Å². The summed E-state index contributed by atoms with van der Waals surface area (Å²) in [5.41, 5.74) is 2.24. The number of carboxylic acid groups (broad SMARTS) is 1.